The van der Waals surface area contributed by atoms with Crippen molar-refractivity contribution in [3.8, 4) is 5.75 Å². The molecule has 0 saturated carbocycles. The summed E-state index contributed by atoms with van der Waals surface area (Å²) in [5, 5.41) is 22.5. The Morgan fingerprint density at radius 3 is 2.41 bits per heavy atom. The minimum Gasteiger partial charge on any atom is -0.507 e. The molecule has 1 aliphatic carbocycles. The molecular formula is C24H32O5. The molecule has 1 unspecified atom stereocenters. The predicted octanol–water partition coefficient (Wildman–Crippen LogP) is 4.77. The van der Waals surface area contributed by atoms with E-state index < -0.39 is 18.0 Å². The van der Waals surface area contributed by atoms with Crippen LogP contribution in [0, 0.1) is 6.92 Å². The fraction of sp³-hybridized carbons (Fsp3) is 0.542. The second-order valence-electron chi connectivity index (χ2n) is 8.57. The summed E-state index contributed by atoms with van der Waals surface area (Å²) in [7, 11) is 0. The van der Waals surface area contributed by atoms with Crippen molar-refractivity contribution in [3.05, 3.63) is 46.5 Å². The molecule has 1 aromatic rings. The van der Waals surface area contributed by atoms with Crippen LogP contribution in [0.3, 0.4) is 0 Å². The van der Waals surface area contributed by atoms with Crippen molar-refractivity contribution in [2.24, 2.45) is 0 Å². The molecule has 0 amide bonds. The molecule has 3 rings (SSSR count). The Labute approximate surface area is 173 Å². The summed E-state index contributed by atoms with van der Waals surface area (Å²) >= 11 is 0. The number of rotatable bonds is 5. The van der Waals surface area contributed by atoms with E-state index in [1.807, 2.05) is 13.8 Å². The Hall–Kier alpha value is -1.95. The molecule has 1 fully saturated rings. The molecule has 3 atom stereocenters. The number of carbonyl (C=O) groups is 1. The zero-order valence-corrected chi connectivity index (χ0v) is 17.9. The first-order chi connectivity index (χ1) is 13.6. The lowest BCUT2D eigenvalue weighted by Gasteiger charge is -2.42. The van der Waals surface area contributed by atoms with Crippen LogP contribution in [0.1, 0.15) is 85.2 Å². The summed E-state index contributed by atoms with van der Waals surface area (Å²) in [6.45, 7) is 15.6. The van der Waals surface area contributed by atoms with Gasteiger partial charge in [0.2, 0.25) is 0 Å². The van der Waals surface area contributed by atoms with Gasteiger partial charge in [-0.1, -0.05) is 13.2 Å². The van der Waals surface area contributed by atoms with Gasteiger partial charge in [0.1, 0.15) is 5.75 Å². The van der Waals surface area contributed by atoms with Gasteiger partial charge in [0.05, 0.1) is 17.3 Å². The first-order valence-corrected chi connectivity index (χ1v) is 10.3. The van der Waals surface area contributed by atoms with Crippen LogP contribution in [-0.2, 0) is 15.9 Å². The summed E-state index contributed by atoms with van der Waals surface area (Å²) in [5.41, 5.74) is 3.32. The van der Waals surface area contributed by atoms with Gasteiger partial charge in [0, 0.05) is 25.0 Å². The first kappa shape index (κ1) is 21.8. The number of aromatic hydroxyl groups is 1. The van der Waals surface area contributed by atoms with Gasteiger partial charge in [-0.3, -0.25) is 4.79 Å². The highest BCUT2D eigenvalue weighted by Gasteiger charge is 2.43. The average Bonchev–Trinajstić information content (AvgIpc) is 2.64. The van der Waals surface area contributed by atoms with E-state index in [1.165, 1.54) is 6.92 Å². The van der Waals surface area contributed by atoms with E-state index in [4.69, 9.17) is 9.47 Å². The minimum absolute atomic E-state index is 0.0688. The lowest BCUT2D eigenvalue weighted by molar-refractivity contribution is -0.201. The summed E-state index contributed by atoms with van der Waals surface area (Å²) in [4.78, 5) is 12.4. The van der Waals surface area contributed by atoms with Gasteiger partial charge >= 0.3 is 0 Å². The highest BCUT2D eigenvalue weighted by molar-refractivity contribution is 6.03. The van der Waals surface area contributed by atoms with Crippen LogP contribution < -0.4 is 0 Å². The van der Waals surface area contributed by atoms with Gasteiger partial charge in [-0.05, 0) is 74.8 Å². The van der Waals surface area contributed by atoms with E-state index in [-0.39, 0.29) is 23.5 Å². The van der Waals surface area contributed by atoms with Gasteiger partial charge in [-0.15, -0.1) is 0 Å². The van der Waals surface area contributed by atoms with Crippen molar-refractivity contribution in [3.63, 3.8) is 0 Å². The molecule has 158 valence electrons. The summed E-state index contributed by atoms with van der Waals surface area (Å²) < 4.78 is 12.0. The molecule has 0 spiro atoms. The van der Waals surface area contributed by atoms with E-state index in [0.29, 0.717) is 35.3 Å². The number of ketones is 1. The van der Waals surface area contributed by atoms with Crippen LogP contribution in [0.2, 0.25) is 0 Å². The molecule has 1 heterocycles. The maximum atomic E-state index is 12.4. The van der Waals surface area contributed by atoms with Crippen molar-refractivity contribution >= 4 is 11.4 Å². The molecule has 5 heteroatoms. The Balaban J connectivity index is 2.21. The van der Waals surface area contributed by atoms with Crippen LogP contribution in [0.5, 0.6) is 5.75 Å². The van der Waals surface area contributed by atoms with E-state index in [1.54, 1.807) is 6.92 Å². The number of phenolic OH excluding ortho intramolecular Hbond substituents is 1. The van der Waals surface area contributed by atoms with Crippen molar-refractivity contribution in [1.82, 2.24) is 0 Å². The molecule has 2 N–H and O–H groups in total. The Morgan fingerprint density at radius 1 is 1.21 bits per heavy atom. The molecule has 5 nitrogen and oxygen atoms in total. The summed E-state index contributed by atoms with van der Waals surface area (Å²) in [6.07, 6.45) is 2.34. The number of phenols is 1. The van der Waals surface area contributed by atoms with Gasteiger partial charge in [0.15, 0.2) is 12.1 Å². The van der Waals surface area contributed by atoms with Crippen molar-refractivity contribution in [1.29, 1.82) is 0 Å². The zero-order chi connectivity index (χ0) is 21.5. The molecule has 1 saturated heterocycles. The number of ether oxygens (including phenoxy) is 2. The normalized spacial score (nSPS) is 26.7. The van der Waals surface area contributed by atoms with Gasteiger partial charge < -0.3 is 19.7 Å². The standard InChI is InChI=1S/C24H32O5/c1-13(2)20-15(5)17-11-24(27,14(3)4)12-18(29-19-9-7-8-10-28-19)22(17)23(26)21(20)16(6)25/h18-19,26-27H,1,3,7-12H2,2,4-6H3/t18?,19-,24-/m0/s1. The van der Waals surface area contributed by atoms with Gasteiger partial charge in [0.25, 0.3) is 0 Å². The fourth-order valence-corrected chi connectivity index (χ4v) is 4.60. The largest absolute Gasteiger partial charge is 0.507 e. The summed E-state index contributed by atoms with van der Waals surface area (Å²) in [6, 6.07) is 0. The van der Waals surface area contributed by atoms with Crippen LogP contribution in [-0.4, -0.2) is 34.5 Å². The number of hydrogen-bond acceptors (Lipinski definition) is 5. The lowest BCUT2D eigenvalue weighted by Crippen LogP contribution is -2.41. The molecule has 2 aliphatic rings. The fourth-order valence-electron chi connectivity index (χ4n) is 4.60. The van der Waals surface area contributed by atoms with E-state index in [9.17, 15) is 15.0 Å². The molecule has 0 bridgehead atoms. The maximum absolute atomic E-state index is 12.4. The lowest BCUT2D eigenvalue weighted by atomic mass is 9.71. The first-order valence-electron chi connectivity index (χ1n) is 10.3. The molecule has 29 heavy (non-hydrogen) atoms. The Morgan fingerprint density at radius 2 is 1.90 bits per heavy atom. The highest BCUT2D eigenvalue weighted by atomic mass is 16.7. The van der Waals surface area contributed by atoms with Crippen LogP contribution >= 0.6 is 0 Å². The third kappa shape index (κ3) is 3.91. The predicted molar refractivity (Wildman–Crippen MR) is 113 cm³/mol. The van der Waals surface area contributed by atoms with E-state index >= 15 is 0 Å². The number of carbonyl (C=O) groups excluding carboxylic acids is 1. The average molecular weight is 401 g/mol. The monoisotopic (exact) mass is 400 g/mol. The second kappa shape index (κ2) is 8.05. The quantitative estimate of drug-likeness (QED) is 0.550. The maximum Gasteiger partial charge on any atom is 0.164 e. The van der Waals surface area contributed by atoms with Crippen LogP contribution in [0.4, 0.5) is 0 Å². The minimum atomic E-state index is -1.16. The van der Waals surface area contributed by atoms with Gasteiger partial charge in [-0.25, -0.2) is 0 Å². The molecule has 1 aromatic carbocycles. The molecule has 1 aliphatic heterocycles. The van der Waals surface area contributed by atoms with Crippen LogP contribution in [0.25, 0.3) is 5.57 Å². The third-order valence-electron chi connectivity index (χ3n) is 6.24. The number of aliphatic hydroxyl groups is 1. The van der Waals surface area contributed by atoms with Crippen molar-refractivity contribution in [2.45, 2.75) is 77.8 Å². The SMILES string of the molecule is C=C(C)c1c(C)c2c(c(O)c1C(C)=O)C(O[C@H]1CCCCO1)C[C@](O)(C(=C)C)C2. The number of fused-ring (bicyclic) bond motifs is 1. The van der Waals surface area contributed by atoms with Crippen molar-refractivity contribution in [2.75, 3.05) is 6.61 Å². The van der Waals surface area contributed by atoms with E-state index in [0.717, 1.165) is 30.4 Å². The third-order valence-corrected chi connectivity index (χ3v) is 6.24. The number of benzene rings is 1. The smallest absolute Gasteiger partial charge is 0.164 e. The number of allylic oxidation sites excluding steroid dienone is 1. The Bertz CT molecular complexity index is 863. The topological polar surface area (TPSA) is 76.0 Å². The van der Waals surface area contributed by atoms with Crippen LogP contribution in [0.15, 0.2) is 18.7 Å². The van der Waals surface area contributed by atoms with E-state index in [2.05, 4.69) is 13.2 Å². The number of Topliss-reactive ketones (excluding diaryl/α,β-unsaturated/α-hetero) is 1. The second-order valence-corrected chi connectivity index (χ2v) is 8.57. The zero-order valence-electron chi connectivity index (χ0n) is 17.9. The number of hydrogen-bond donors (Lipinski definition) is 2. The van der Waals surface area contributed by atoms with Crippen molar-refractivity contribution < 1.29 is 24.5 Å². The summed E-state index contributed by atoms with van der Waals surface area (Å²) in [5.74, 6) is -0.291. The molecular weight excluding hydrogens is 368 g/mol. The molecule has 0 radical (unpaired) electrons. The Kier molecular flexibility index (Phi) is 6.04. The highest BCUT2D eigenvalue weighted by Crippen LogP contribution is 2.49. The molecule has 0 aromatic heterocycles. The van der Waals surface area contributed by atoms with Gasteiger partial charge in [-0.2, -0.15) is 0 Å².